The van der Waals surface area contributed by atoms with Crippen LogP contribution in [-0.4, -0.2) is 12.6 Å². The first-order valence-corrected chi connectivity index (χ1v) is 6.43. The van der Waals surface area contributed by atoms with Gasteiger partial charge in [0.05, 0.1) is 10.4 Å². The number of carbonyl (C=O) groups is 1. The van der Waals surface area contributed by atoms with E-state index in [9.17, 15) is 4.79 Å². The Bertz CT molecular complexity index is 344. The van der Waals surface area contributed by atoms with E-state index in [0.29, 0.717) is 6.61 Å². The van der Waals surface area contributed by atoms with Gasteiger partial charge in [0.1, 0.15) is 0 Å². The number of hydrogen-bond donors (Lipinski definition) is 0. The van der Waals surface area contributed by atoms with Crippen molar-refractivity contribution in [1.29, 1.82) is 0 Å². The first-order valence-electron chi connectivity index (χ1n) is 4.82. The SMILES string of the molecule is CCCCOC(=O)/C=C/c1ccc(Br)s1. The Balaban J connectivity index is 2.34. The second-order valence-corrected chi connectivity index (χ2v) is 5.49. The summed E-state index contributed by atoms with van der Waals surface area (Å²) in [7, 11) is 0. The van der Waals surface area contributed by atoms with Gasteiger partial charge in [0.25, 0.3) is 0 Å². The summed E-state index contributed by atoms with van der Waals surface area (Å²) in [6, 6.07) is 3.90. The van der Waals surface area contributed by atoms with E-state index in [1.54, 1.807) is 17.4 Å². The Kier molecular flexibility index (Phi) is 5.65. The number of carbonyl (C=O) groups excluding carboxylic acids is 1. The summed E-state index contributed by atoms with van der Waals surface area (Å²) in [6.07, 6.45) is 5.19. The van der Waals surface area contributed by atoms with Gasteiger partial charge in [0, 0.05) is 11.0 Å². The lowest BCUT2D eigenvalue weighted by Crippen LogP contribution is -2.01. The molecule has 0 N–H and O–H groups in total. The standard InChI is InChI=1S/C11H13BrO2S/c1-2-3-8-14-11(13)7-5-9-4-6-10(12)15-9/h4-7H,2-3,8H2,1H3/b7-5+. The summed E-state index contributed by atoms with van der Waals surface area (Å²) < 4.78 is 6.04. The topological polar surface area (TPSA) is 26.3 Å². The lowest BCUT2D eigenvalue weighted by Gasteiger charge is -1.98. The highest BCUT2D eigenvalue weighted by atomic mass is 79.9. The molecule has 0 radical (unpaired) electrons. The van der Waals surface area contributed by atoms with Crippen LogP contribution < -0.4 is 0 Å². The van der Waals surface area contributed by atoms with Gasteiger partial charge >= 0.3 is 5.97 Å². The molecule has 0 aliphatic carbocycles. The number of unbranched alkanes of at least 4 members (excludes halogenated alkanes) is 1. The van der Waals surface area contributed by atoms with Crippen molar-refractivity contribution in [2.75, 3.05) is 6.61 Å². The van der Waals surface area contributed by atoms with Crippen LogP contribution in [0.25, 0.3) is 6.08 Å². The molecule has 0 atom stereocenters. The second kappa shape index (κ2) is 6.80. The molecule has 4 heteroatoms. The molecule has 0 unspecified atom stereocenters. The van der Waals surface area contributed by atoms with Crippen molar-refractivity contribution in [3.63, 3.8) is 0 Å². The molecular formula is C11H13BrO2S. The lowest BCUT2D eigenvalue weighted by atomic mass is 10.4. The number of esters is 1. The molecule has 15 heavy (non-hydrogen) atoms. The van der Waals surface area contributed by atoms with Crippen LogP contribution in [0.4, 0.5) is 0 Å². The molecule has 0 saturated heterocycles. The molecule has 2 nitrogen and oxygen atoms in total. The van der Waals surface area contributed by atoms with Crippen molar-refractivity contribution >= 4 is 39.3 Å². The highest BCUT2D eigenvalue weighted by Gasteiger charge is 1.97. The van der Waals surface area contributed by atoms with Crippen LogP contribution in [0.2, 0.25) is 0 Å². The fraction of sp³-hybridized carbons (Fsp3) is 0.364. The minimum absolute atomic E-state index is 0.270. The van der Waals surface area contributed by atoms with Crippen molar-refractivity contribution < 1.29 is 9.53 Å². The van der Waals surface area contributed by atoms with Gasteiger partial charge < -0.3 is 4.74 Å². The molecule has 0 aliphatic heterocycles. The van der Waals surface area contributed by atoms with Gasteiger partial charge in [-0.1, -0.05) is 13.3 Å². The van der Waals surface area contributed by atoms with Crippen LogP contribution in [0.1, 0.15) is 24.6 Å². The average molecular weight is 289 g/mol. The molecular weight excluding hydrogens is 276 g/mol. The van der Waals surface area contributed by atoms with Crippen LogP contribution in [0.5, 0.6) is 0 Å². The quantitative estimate of drug-likeness (QED) is 0.467. The minimum atomic E-state index is -0.270. The van der Waals surface area contributed by atoms with E-state index in [1.807, 2.05) is 12.1 Å². The molecule has 0 aromatic carbocycles. The van der Waals surface area contributed by atoms with Gasteiger partial charge in [0.15, 0.2) is 0 Å². The van der Waals surface area contributed by atoms with Gasteiger partial charge in [-0.3, -0.25) is 0 Å². The van der Waals surface area contributed by atoms with Crippen molar-refractivity contribution in [3.05, 3.63) is 26.9 Å². The van der Waals surface area contributed by atoms with E-state index in [1.165, 1.54) is 6.08 Å². The van der Waals surface area contributed by atoms with Gasteiger partial charge in [-0.2, -0.15) is 0 Å². The molecule has 1 aromatic heterocycles. The Hall–Kier alpha value is -0.610. The molecule has 0 amide bonds. The number of hydrogen-bond acceptors (Lipinski definition) is 3. The summed E-state index contributed by atoms with van der Waals surface area (Å²) in [5.41, 5.74) is 0. The predicted octanol–water partition coefficient (Wildman–Crippen LogP) is 3.87. The number of halogens is 1. The van der Waals surface area contributed by atoms with Crippen LogP contribution >= 0.6 is 27.3 Å². The highest BCUT2D eigenvalue weighted by molar-refractivity contribution is 9.11. The Morgan fingerprint density at radius 3 is 3.00 bits per heavy atom. The zero-order valence-electron chi connectivity index (χ0n) is 8.53. The van der Waals surface area contributed by atoms with Gasteiger partial charge in [-0.05, 0) is 40.6 Å². The number of ether oxygens (including phenoxy) is 1. The summed E-state index contributed by atoms with van der Waals surface area (Å²) in [5.74, 6) is -0.270. The van der Waals surface area contributed by atoms with E-state index in [-0.39, 0.29) is 5.97 Å². The third-order valence-corrected chi connectivity index (χ3v) is 3.31. The first kappa shape index (κ1) is 12.5. The first-order chi connectivity index (χ1) is 7.22. The monoisotopic (exact) mass is 288 g/mol. The van der Waals surface area contributed by atoms with Gasteiger partial charge in [0.2, 0.25) is 0 Å². The maximum absolute atomic E-state index is 11.2. The molecule has 1 aromatic rings. The van der Waals surface area contributed by atoms with Crippen LogP contribution in [0.15, 0.2) is 22.0 Å². The van der Waals surface area contributed by atoms with Gasteiger partial charge in [-0.15, -0.1) is 11.3 Å². The Morgan fingerprint density at radius 1 is 1.60 bits per heavy atom. The normalized spacial score (nSPS) is 10.8. The highest BCUT2D eigenvalue weighted by Crippen LogP contribution is 2.22. The molecule has 1 rings (SSSR count). The van der Waals surface area contributed by atoms with E-state index in [2.05, 4.69) is 22.9 Å². The summed E-state index contributed by atoms with van der Waals surface area (Å²) >= 11 is 4.94. The predicted molar refractivity (Wildman–Crippen MR) is 66.9 cm³/mol. The number of rotatable bonds is 5. The van der Waals surface area contributed by atoms with E-state index >= 15 is 0 Å². The fourth-order valence-corrected chi connectivity index (χ4v) is 2.26. The second-order valence-electron chi connectivity index (χ2n) is 3.00. The lowest BCUT2D eigenvalue weighted by molar-refractivity contribution is -0.137. The maximum atomic E-state index is 11.2. The molecule has 1 heterocycles. The molecule has 0 bridgehead atoms. The van der Waals surface area contributed by atoms with Crippen LogP contribution in [0.3, 0.4) is 0 Å². The Morgan fingerprint density at radius 2 is 2.40 bits per heavy atom. The molecule has 0 aliphatic rings. The largest absolute Gasteiger partial charge is 0.463 e. The zero-order valence-corrected chi connectivity index (χ0v) is 10.9. The third kappa shape index (κ3) is 5.14. The molecule has 0 spiro atoms. The summed E-state index contributed by atoms with van der Waals surface area (Å²) in [5, 5.41) is 0. The van der Waals surface area contributed by atoms with Crippen molar-refractivity contribution in [3.8, 4) is 0 Å². The van der Waals surface area contributed by atoms with Crippen LogP contribution in [0, 0.1) is 0 Å². The fourth-order valence-electron chi connectivity index (χ4n) is 0.933. The van der Waals surface area contributed by atoms with Crippen molar-refractivity contribution in [2.45, 2.75) is 19.8 Å². The maximum Gasteiger partial charge on any atom is 0.330 e. The zero-order chi connectivity index (χ0) is 11.1. The van der Waals surface area contributed by atoms with E-state index in [0.717, 1.165) is 21.5 Å². The minimum Gasteiger partial charge on any atom is -0.463 e. The number of thiophene rings is 1. The van der Waals surface area contributed by atoms with Gasteiger partial charge in [-0.25, -0.2) is 4.79 Å². The Labute approximate surface area is 102 Å². The van der Waals surface area contributed by atoms with E-state index < -0.39 is 0 Å². The molecule has 0 saturated carbocycles. The van der Waals surface area contributed by atoms with Crippen molar-refractivity contribution in [2.24, 2.45) is 0 Å². The third-order valence-electron chi connectivity index (χ3n) is 1.72. The van der Waals surface area contributed by atoms with Crippen molar-refractivity contribution in [1.82, 2.24) is 0 Å². The molecule has 0 fully saturated rings. The summed E-state index contributed by atoms with van der Waals surface area (Å²) in [4.78, 5) is 12.2. The molecule has 82 valence electrons. The van der Waals surface area contributed by atoms with Crippen LogP contribution in [-0.2, 0) is 9.53 Å². The van der Waals surface area contributed by atoms with E-state index in [4.69, 9.17) is 4.74 Å². The average Bonchev–Trinajstić information content (AvgIpc) is 2.62. The summed E-state index contributed by atoms with van der Waals surface area (Å²) in [6.45, 7) is 2.57. The smallest absolute Gasteiger partial charge is 0.330 e.